The third-order valence-corrected chi connectivity index (χ3v) is 7.89. The molecule has 2 saturated carbocycles. The number of carbonyl (C=O) groups excluding carboxylic acids is 3. The van der Waals surface area contributed by atoms with Gasteiger partial charge in [-0.05, 0) is 61.1 Å². The standard InChI is InChI=1S/C28H32ClN3O5/c1-36-24-13-22-23(14-25(24)37-2)31(15-18-5-9-20(29)10-6-18)28(35)32(27(22)34)16-17-3-7-19(8-4-17)26(33)30-21-11-12-21/h3-10,21-25H,11-16H2,1-2H3,(H,30,33). The first-order chi connectivity index (χ1) is 17.9. The molecule has 0 aromatic heterocycles. The Labute approximate surface area is 221 Å². The van der Waals surface area contributed by atoms with Crippen LogP contribution >= 0.6 is 11.6 Å². The Balaban J connectivity index is 1.39. The van der Waals surface area contributed by atoms with Crippen molar-refractivity contribution in [2.75, 3.05) is 14.2 Å². The van der Waals surface area contributed by atoms with Crippen LogP contribution in [0.15, 0.2) is 48.5 Å². The van der Waals surface area contributed by atoms with Gasteiger partial charge in [0.2, 0.25) is 5.91 Å². The van der Waals surface area contributed by atoms with E-state index in [1.54, 1.807) is 55.5 Å². The first kappa shape index (κ1) is 25.7. The van der Waals surface area contributed by atoms with Gasteiger partial charge in [-0.15, -0.1) is 0 Å². The predicted octanol–water partition coefficient (Wildman–Crippen LogP) is 4.01. The van der Waals surface area contributed by atoms with E-state index in [2.05, 4.69) is 5.32 Å². The maximum absolute atomic E-state index is 13.8. The summed E-state index contributed by atoms with van der Waals surface area (Å²) in [6, 6.07) is 14.1. The van der Waals surface area contributed by atoms with Crippen molar-refractivity contribution < 1.29 is 23.9 Å². The minimum atomic E-state index is -0.398. The highest BCUT2D eigenvalue weighted by molar-refractivity contribution is 6.30. The van der Waals surface area contributed by atoms with Gasteiger partial charge in [0.25, 0.3) is 5.91 Å². The average molecular weight is 526 g/mol. The van der Waals surface area contributed by atoms with Gasteiger partial charge in [0.1, 0.15) is 0 Å². The summed E-state index contributed by atoms with van der Waals surface area (Å²) < 4.78 is 11.3. The molecule has 5 rings (SSSR count). The molecule has 8 nitrogen and oxygen atoms in total. The predicted molar refractivity (Wildman–Crippen MR) is 138 cm³/mol. The lowest BCUT2D eigenvalue weighted by Crippen LogP contribution is -2.64. The summed E-state index contributed by atoms with van der Waals surface area (Å²) in [6.07, 6.45) is 2.59. The Hall–Kier alpha value is -2.94. The quantitative estimate of drug-likeness (QED) is 0.562. The number of benzene rings is 2. The van der Waals surface area contributed by atoms with Gasteiger partial charge in [-0.1, -0.05) is 35.9 Å². The van der Waals surface area contributed by atoms with Gasteiger partial charge in [0.15, 0.2) is 0 Å². The highest BCUT2D eigenvalue weighted by Gasteiger charge is 2.51. The van der Waals surface area contributed by atoms with Crippen molar-refractivity contribution in [2.45, 2.75) is 63.1 Å². The van der Waals surface area contributed by atoms with E-state index in [1.165, 1.54) is 4.90 Å². The summed E-state index contributed by atoms with van der Waals surface area (Å²) in [5.41, 5.74) is 2.28. The molecule has 1 saturated heterocycles. The molecule has 4 atom stereocenters. The molecule has 0 spiro atoms. The van der Waals surface area contributed by atoms with Crippen LogP contribution in [0.25, 0.3) is 0 Å². The van der Waals surface area contributed by atoms with E-state index in [9.17, 15) is 14.4 Å². The van der Waals surface area contributed by atoms with Crippen LogP contribution in [0, 0.1) is 5.92 Å². The summed E-state index contributed by atoms with van der Waals surface area (Å²) in [5.74, 6) is -0.698. The molecule has 1 aliphatic heterocycles. The first-order valence-electron chi connectivity index (χ1n) is 12.7. The average Bonchev–Trinajstić information content (AvgIpc) is 3.73. The lowest BCUT2D eigenvalue weighted by Gasteiger charge is -2.50. The van der Waals surface area contributed by atoms with E-state index < -0.39 is 5.92 Å². The fourth-order valence-corrected chi connectivity index (χ4v) is 5.49. The van der Waals surface area contributed by atoms with Crippen molar-refractivity contribution in [1.29, 1.82) is 0 Å². The van der Waals surface area contributed by atoms with Crippen LogP contribution in [0.4, 0.5) is 4.79 Å². The van der Waals surface area contributed by atoms with Crippen molar-refractivity contribution in [2.24, 2.45) is 5.92 Å². The second kappa shape index (κ2) is 10.8. The molecule has 0 radical (unpaired) electrons. The molecule has 196 valence electrons. The molecule has 1 N–H and O–H groups in total. The minimum Gasteiger partial charge on any atom is -0.379 e. The maximum atomic E-state index is 13.8. The van der Waals surface area contributed by atoms with E-state index in [1.807, 2.05) is 12.1 Å². The van der Waals surface area contributed by atoms with Crippen LogP contribution < -0.4 is 5.32 Å². The summed E-state index contributed by atoms with van der Waals surface area (Å²) in [7, 11) is 3.26. The third-order valence-electron chi connectivity index (χ3n) is 7.64. The molecule has 37 heavy (non-hydrogen) atoms. The van der Waals surface area contributed by atoms with Crippen LogP contribution in [0.1, 0.15) is 47.2 Å². The molecule has 9 heteroatoms. The normalized spacial score (nSPS) is 25.7. The van der Waals surface area contributed by atoms with Crippen molar-refractivity contribution in [3.63, 3.8) is 0 Å². The zero-order valence-corrected chi connectivity index (χ0v) is 21.8. The van der Waals surface area contributed by atoms with Crippen molar-refractivity contribution >= 4 is 29.4 Å². The number of imide groups is 1. The van der Waals surface area contributed by atoms with Crippen LogP contribution in [0.5, 0.6) is 0 Å². The number of fused-ring (bicyclic) bond motifs is 1. The zero-order chi connectivity index (χ0) is 26.1. The number of hydrogen-bond acceptors (Lipinski definition) is 5. The van der Waals surface area contributed by atoms with Gasteiger partial charge in [0, 0.05) is 43.4 Å². The number of urea groups is 1. The number of ether oxygens (including phenoxy) is 2. The lowest BCUT2D eigenvalue weighted by atomic mass is 9.77. The van der Waals surface area contributed by atoms with Gasteiger partial charge in [-0.3, -0.25) is 14.5 Å². The van der Waals surface area contributed by atoms with E-state index in [-0.39, 0.29) is 48.7 Å². The second-order valence-electron chi connectivity index (χ2n) is 10.1. The molecule has 4 unspecified atom stereocenters. The molecular weight excluding hydrogens is 494 g/mol. The Morgan fingerprint density at radius 2 is 1.51 bits per heavy atom. The van der Waals surface area contributed by atoms with Crippen LogP contribution in [-0.2, 0) is 27.4 Å². The zero-order valence-electron chi connectivity index (χ0n) is 21.1. The number of halogens is 1. The second-order valence-corrected chi connectivity index (χ2v) is 10.5. The SMILES string of the molecule is COC1CC2C(=O)N(Cc3ccc(C(=O)NC4CC4)cc3)C(=O)N(Cc3ccc(Cl)cc3)C2CC1OC. The van der Waals surface area contributed by atoms with Gasteiger partial charge < -0.3 is 19.7 Å². The van der Waals surface area contributed by atoms with E-state index in [0.717, 1.165) is 24.0 Å². The number of hydrogen-bond donors (Lipinski definition) is 1. The number of nitrogens with zero attached hydrogens (tertiary/aromatic N) is 2. The van der Waals surface area contributed by atoms with Gasteiger partial charge in [-0.25, -0.2) is 4.79 Å². The number of nitrogens with one attached hydrogen (secondary N) is 1. The Morgan fingerprint density at radius 1 is 0.919 bits per heavy atom. The fraction of sp³-hybridized carbons (Fsp3) is 0.464. The van der Waals surface area contributed by atoms with Crippen molar-refractivity contribution in [3.05, 3.63) is 70.2 Å². The Bertz CT molecular complexity index is 1150. The van der Waals surface area contributed by atoms with Gasteiger partial charge in [0.05, 0.1) is 24.7 Å². The topological polar surface area (TPSA) is 88.2 Å². The summed E-state index contributed by atoms with van der Waals surface area (Å²) in [6.45, 7) is 0.489. The van der Waals surface area contributed by atoms with Crippen molar-refractivity contribution in [3.8, 4) is 0 Å². The molecule has 3 aliphatic rings. The van der Waals surface area contributed by atoms with E-state index in [0.29, 0.717) is 30.0 Å². The summed E-state index contributed by atoms with van der Waals surface area (Å²) in [4.78, 5) is 42.9. The lowest BCUT2D eigenvalue weighted by molar-refractivity contribution is -0.152. The minimum absolute atomic E-state index is 0.100. The Kier molecular flexibility index (Phi) is 7.51. The van der Waals surface area contributed by atoms with Gasteiger partial charge >= 0.3 is 6.03 Å². The highest BCUT2D eigenvalue weighted by Crippen LogP contribution is 2.38. The van der Waals surface area contributed by atoms with Crippen molar-refractivity contribution in [1.82, 2.24) is 15.1 Å². The number of methoxy groups -OCH3 is 2. The molecular formula is C28H32ClN3O5. The molecule has 4 amide bonds. The fourth-order valence-electron chi connectivity index (χ4n) is 5.37. The summed E-state index contributed by atoms with van der Waals surface area (Å²) in [5, 5.41) is 3.59. The molecule has 2 aromatic carbocycles. The molecule has 0 bridgehead atoms. The monoisotopic (exact) mass is 525 g/mol. The van der Waals surface area contributed by atoms with E-state index in [4.69, 9.17) is 21.1 Å². The Morgan fingerprint density at radius 3 is 2.14 bits per heavy atom. The molecule has 2 aromatic rings. The van der Waals surface area contributed by atoms with Crippen LogP contribution in [0.3, 0.4) is 0 Å². The molecule has 2 aliphatic carbocycles. The van der Waals surface area contributed by atoms with Gasteiger partial charge in [-0.2, -0.15) is 0 Å². The molecule has 3 fully saturated rings. The molecule has 1 heterocycles. The van der Waals surface area contributed by atoms with E-state index >= 15 is 0 Å². The maximum Gasteiger partial charge on any atom is 0.327 e. The van der Waals surface area contributed by atoms with Crippen LogP contribution in [-0.4, -0.2) is 66.2 Å². The largest absolute Gasteiger partial charge is 0.379 e. The number of carbonyl (C=O) groups is 3. The summed E-state index contributed by atoms with van der Waals surface area (Å²) >= 11 is 6.07. The third kappa shape index (κ3) is 5.51. The van der Waals surface area contributed by atoms with Crippen LogP contribution in [0.2, 0.25) is 5.02 Å². The number of amides is 4. The highest BCUT2D eigenvalue weighted by atomic mass is 35.5. The number of rotatable bonds is 8. The smallest absolute Gasteiger partial charge is 0.327 e. The first-order valence-corrected chi connectivity index (χ1v) is 13.1.